The fourth-order valence-corrected chi connectivity index (χ4v) is 2.13. The zero-order valence-electron chi connectivity index (χ0n) is 12.5. The van der Waals surface area contributed by atoms with Crippen LogP contribution in [0.15, 0.2) is 48.5 Å². The molecule has 4 heteroatoms. The number of hydrogen-bond donors (Lipinski definition) is 1. The van der Waals surface area contributed by atoms with E-state index in [-0.39, 0.29) is 5.91 Å². The van der Waals surface area contributed by atoms with Gasteiger partial charge in [0.15, 0.2) is 0 Å². The van der Waals surface area contributed by atoms with Gasteiger partial charge in [0.2, 0.25) is 0 Å². The Kier molecular flexibility index (Phi) is 5.32. The molecule has 0 saturated carbocycles. The molecular weight excluding hydrogens is 262 g/mol. The van der Waals surface area contributed by atoms with Crippen molar-refractivity contribution in [1.29, 1.82) is 0 Å². The predicted octanol–water partition coefficient (Wildman–Crippen LogP) is 3.18. The van der Waals surface area contributed by atoms with Gasteiger partial charge in [-0.05, 0) is 31.5 Å². The number of hydrogen-bond acceptors (Lipinski definition) is 3. The molecular formula is C17H21N3O. The van der Waals surface area contributed by atoms with E-state index in [2.05, 4.69) is 10.3 Å². The van der Waals surface area contributed by atoms with Crippen LogP contribution < -0.4 is 5.32 Å². The van der Waals surface area contributed by atoms with Gasteiger partial charge in [-0.3, -0.25) is 4.79 Å². The largest absolute Gasteiger partial charge is 0.370 e. The summed E-state index contributed by atoms with van der Waals surface area (Å²) in [5.74, 6) is 0.695. The number of carbonyl (C=O) groups excluding carboxylic acids is 1. The van der Waals surface area contributed by atoms with Crippen LogP contribution in [0.2, 0.25) is 0 Å². The molecule has 0 atom stereocenters. The van der Waals surface area contributed by atoms with E-state index in [1.54, 1.807) is 11.0 Å². The van der Waals surface area contributed by atoms with E-state index in [1.807, 2.05) is 56.3 Å². The Morgan fingerprint density at radius 1 is 1.10 bits per heavy atom. The summed E-state index contributed by atoms with van der Waals surface area (Å²) in [5, 5.41) is 3.13. The van der Waals surface area contributed by atoms with Crippen LogP contribution >= 0.6 is 0 Å². The normalized spacial score (nSPS) is 10.2. The smallest absolute Gasteiger partial charge is 0.272 e. The first-order chi connectivity index (χ1) is 10.2. The maximum absolute atomic E-state index is 12.6. The van der Waals surface area contributed by atoms with Gasteiger partial charge in [-0.1, -0.05) is 36.4 Å². The maximum Gasteiger partial charge on any atom is 0.272 e. The second-order valence-corrected chi connectivity index (χ2v) is 4.74. The minimum Gasteiger partial charge on any atom is -0.370 e. The second-order valence-electron chi connectivity index (χ2n) is 4.74. The van der Waals surface area contributed by atoms with Crippen molar-refractivity contribution in [1.82, 2.24) is 9.88 Å². The van der Waals surface area contributed by atoms with Crippen LogP contribution in [0.1, 0.15) is 29.9 Å². The van der Waals surface area contributed by atoms with Crippen LogP contribution in [0.25, 0.3) is 0 Å². The van der Waals surface area contributed by atoms with Gasteiger partial charge in [-0.15, -0.1) is 0 Å². The quantitative estimate of drug-likeness (QED) is 0.885. The van der Waals surface area contributed by atoms with Gasteiger partial charge in [0, 0.05) is 19.6 Å². The van der Waals surface area contributed by atoms with Crippen molar-refractivity contribution in [2.45, 2.75) is 20.4 Å². The van der Waals surface area contributed by atoms with E-state index >= 15 is 0 Å². The predicted molar refractivity (Wildman–Crippen MR) is 85.3 cm³/mol. The minimum atomic E-state index is -0.0406. The molecule has 0 spiro atoms. The van der Waals surface area contributed by atoms with Crippen molar-refractivity contribution in [2.75, 3.05) is 18.4 Å². The molecule has 0 aliphatic heterocycles. The van der Waals surface area contributed by atoms with Gasteiger partial charge in [0.05, 0.1) is 0 Å². The zero-order chi connectivity index (χ0) is 15.1. The van der Waals surface area contributed by atoms with E-state index in [1.165, 1.54) is 0 Å². The van der Waals surface area contributed by atoms with Crippen molar-refractivity contribution in [3.8, 4) is 0 Å². The summed E-state index contributed by atoms with van der Waals surface area (Å²) in [4.78, 5) is 18.7. The minimum absolute atomic E-state index is 0.0406. The van der Waals surface area contributed by atoms with Gasteiger partial charge in [0.1, 0.15) is 11.5 Å². The summed E-state index contributed by atoms with van der Waals surface area (Å²) < 4.78 is 0. The van der Waals surface area contributed by atoms with Gasteiger partial charge in [-0.2, -0.15) is 0 Å². The standard InChI is InChI=1S/C17H21N3O/c1-3-18-16-12-8-11-15(19-16)17(21)20(4-2)13-14-9-6-5-7-10-14/h5-12H,3-4,13H2,1-2H3,(H,18,19). The van der Waals surface area contributed by atoms with Crippen molar-refractivity contribution in [3.63, 3.8) is 0 Å². The third-order valence-corrected chi connectivity index (χ3v) is 3.21. The molecule has 1 aromatic heterocycles. The van der Waals surface area contributed by atoms with E-state index in [0.717, 1.165) is 17.9 Å². The summed E-state index contributed by atoms with van der Waals surface area (Å²) in [6.45, 7) is 6.02. The van der Waals surface area contributed by atoms with E-state index in [0.29, 0.717) is 18.8 Å². The van der Waals surface area contributed by atoms with Crippen molar-refractivity contribution in [2.24, 2.45) is 0 Å². The van der Waals surface area contributed by atoms with Crippen LogP contribution in [0.5, 0.6) is 0 Å². The molecule has 1 aromatic carbocycles. The van der Waals surface area contributed by atoms with Crippen LogP contribution in [-0.4, -0.2) is 28.9 Å². The molecule has 21 heavy (non-hydrogen) atoms. The highest BCUT2D eigenvalue weighted by molar-refractivity contribution is 5.92. The maximum atomic E-state index is 12.6. The Morgan fingerprint density at radius 3 is 2.52 bits per heavy atom. The number of nitrogens with one attached hydrogen (secondary N) is 1. The number of benzene rings is 1. The second kappa shape index (κ2) is 7.43. The van der Waals surface area contributed by atoms with Gasteiger partial charge >= 0.3 is 0 Å². The topological polar surface area (TPSA) is 45.2 Å². The third kappa shape index (κ3) is 4.05. The lowest BCUT2D eigenvalue weighted by molar-refractivity contribution is 0.0747. The Bertz CT molecular complexity index is 584. The van der Waals surface area contributed by atoms with Gasteiger partial charge in [-0.25, -0.2) is 4.98 Å². The molecule has 0 aliphatic carbocycles. The molecule has 110 valence electrons. The van der Waals surface area contributed by atoms with Crippen molar-refractivity contribution < 1.29 is 4.79 Å². The SMILES string of the molecule is CCNc1cccc(C(=O)N(CC)Cc2ccccc2)n1. The van der Waals surface area contributed by atoms with Crippen LogP contribution in [0, 0.1) is 0 Å². The molecule has 1 N–H and O–H groups in total. The first kappa shape index (κ1) is 15.0. The van der Waals surface area contributed by atoms with Crippen molar-refractivity contribution >= 4 is 11.7 Å². The first-order valence-electron chi connectivity index (χ1n) is 7.28. The first-order valence-corrected chi connectivity index (χ1v) is 7.28. The average molecular weight is 283 g/mol. The highest BCUT2D eigenvalue weighted by atomic mass is 16.2. The Balaban J connectivity index is 2.14. The lowest BCUT2D eigenvalue weighted by Crippen LogP contribution is -2.31. The van der Waals surface area contributed by atoms with Crippen LogP contribution in [0.4, 0.5) is 5.82 Å². The Hall–Kier alpha value is -2.36. The fourth-order valence-electron chi connectivity index (χ4n) is 2.13. The Morgan fingerprint density at radius 2 is 1.86 bits per heavy atom. The highest BCUT2D eigenvalue weighted by Crippen LogP contribution is 2.11. The molecule has 0 unspecified atom stereocenters. The average Bonchev–Trinajstić information content (AvgIpc) is 2.53. The van der Waals surface area contributed by atoms with E-state index in [9.17, 15) is 4.79 Å². The summed E-state index contributed by atoms with van der Waals surface area (Å²) >= 11 is 0. The molecule has 1 heterocycles. The molecule has 0 bridgehead atoms. The van der Waals surface area contributed by atoms with Crippen molar-refractivity contribution in [3.05, 3.63) is 59.8 Å². The lowest BCUT2D eigenvalue weighted by Gasteiger charge is -2.20. The summed E-state index contributed by atoms with van der Waals surface area (Å²) in [7, 11) is 0. The van der Waals surface area contributed by atoms with E-state index < -0.39 is 0 Å². The number of pyridine rings is 1. The summed E-state index contributed by atoms with van der Waals surface area (Å²) in [6.07, 6.45) is 0. The number of rotatable bonds is 6. The Labute approximate surface area is 125 Å². The summed E-state index contributed by atoms with van der Waals surface area (Å²) in [6, 6.07) is 15.5. The van der Waals surface area contributed by atoms with Gasteiger partial charge in [0.25, 0.3) is 5.91 Å². The zero-order valence-corrected chi connectivity index (χ0v) is 12.5. The number of nitrogens with zero attached hydrogens (tertiary/aromatic N) is 2. The molecule has 0 saturated heterocycles. The highest BCUT2D eigenvalue weighted by Gasteiger charge is 2.16. The number of aromatic nitrogens is 1. The van der Waals surface area contributed by atoms with E-state index in [4.69, 9.17) is 0 Å². The number of carbonyl (C=O) groups is 1. The lowest BCUT2D eigenvalue weighted by atomic mass is 10.2. The third-order valence-electron chi connectivity index (χ3n) is 3.21. The fraction of sp³-hybridized carbons (Fsp3) is 0.294. The van der Waals surface area contributed by atoms with Crippen LogP contribution in [-0.2, 0) is 6.54 Å². The molecule has 2 aromatic rings. The monoisotopic (exact) mass is 283 g/mol. The molecule has 2 rings (SSSR count). The molecule has 1 amide bonds. The summed E-state index contributed by atoms with van der Waals surface area (Å²) in [5.41, 5.74) is 1.60. The van der Waals surface area contributed by atoms with Crippen LogP contribution in [0.3, 0.4) is 0 Å². The molecule has 0 fully saturated rings. The number of anilines is 1. The molecule has 4 nitrogen and oxygen atoms in total. The molecule has 0 radical (unpaired) electrons. The number of amides is 1. The van der Waals surface area contributed by atoms with Gasteiger partial charge < -0.3 is 10.2 Å². The molecule has 0 aliphatic rings.